The second-order valence-electron chi connectivity index (χ2n) is 5.96. The molecule has 116 valence electrons. The zero-order valence-corrected chi connectivity index (χ0v) is 13.0. The van der Waals surface area contributed by atoms with Gasteiger partial charge in [0.2, 0.25) is 5.91 Å². The van der Waals surface area contributed by atoms with Crippen LogP contribution in [0.25, 0.3) is 11.1 Å². The standard InChI is InChI=1S/C18H18N4O/c1-10-3-2-4-13-15(14(9-19)17(20)22-16(10)13)11-5-7-12(8-6-11)18(21)23/h5-8,10H,2-4H2,1H3,(H2,20,22)(H2,21,23). The highest BCUT2D eigenvalue weighted by molar-refractivity contribution is 5.93. The Bertz CT molecular complexity index is 818. The Kier molecular flexibility index (Phi) is 3.75. The molecule has 4 N–H and O–H groups in total. The highest BCUT2D eigenvalue weighted by atomic mass is 16.1. The van der Waals surface area contributed by atoms with Crippen molar-refractivity contribution < 1.29 is 4.79 Å². The highest BCUT2D eigenvalue weighted by Gasteiger charge is 2.25. The second-order valence-corrected chi connectivity index (χ2v) is 5.96. The predicted molar refractivity (Wildman–Crippen MR) is 88.7 cm³/mol. The number of primary amides is 1. The molecule has 0 spiro atoms. The van der Waals surface area contributed by atoms with Crippen molar-refractivity contribution in [3.8, 4) is 17.2 Å². The fourth-order valence-corrected chi connectivity index (χ4v) is 3.28. The van der Waals surface area contributed by atoms with Crippen LogP contribution in [0.2, 0.25) is 0 Å². The summed E-state index contributed by atoms with van der Waals surface area (Å²) in [5.74, 6) is 0.133. The molecule has 1 atom stereocenters. The molecule has 0 saturated carbocycles. The first-order valence-electron chi connectivity index (χ1n) is 7.65. The Labute approximate surface area is 134 Å². The van der Waals surface area contributed by atoms with Crippen molar-refractivity contribution in [2.45, 2.75) is 32.1 Å². The van der Waals surface area contributed by atoms with E-state index in [9.17, 15) is 10.1 Å². The molecule has 1 aliphatic rings. The normalized spacial score (nSPS) is 16.4. The van der Waals surface area contributed by atoms with E-state index in [1.807, 2.05) is 12.1 Å². The summed E-state index contributed by atoms with van der Waals surface area (Å²) in [6.45, 7) is 2.14. The van der Waals surface area contributed by atoms with Crippen molar-refractivity contribution >= 4 is 11.7 Å². The van der Waals surface area contributed by atoms with Gasteiger partial charge in [0.25, 0.3) is 0 Å². The maximum atomic E-state index is 11.2. The average Bonchev–Trinajstić information content (AvgIpc) is 2.54. The lowest BCUT2D eigenvalue weighted by atomic mass is 9.82. The van der Waals surface area contributed by atoms with Gasteiger partial charge < -0.3 is 11.5 Å². The third kappa shape index (κ3) is 2.53. The number of anilines is 1. The van der Waals surface area contributed by atoms with Crippen LogP contribution in [0.4, 0.5) is 5.82 Å². The topological polar surface area (TPSA) is 106 Å². The largest absolute Gasteiger partial charge is 0.383 e. The van der Waals surface area contributed by atoms with Gasteiger partial charge in [-0.2, -0.15) is 5.26 Å². The number of benzene rings is 1. The maximum absolute atomic E-state index is 11.2. The molecule has 2 aromatic rings. The fourth-order valence-electron chi connectivity index (χ4n) is 3.28. The molecule has 1 unspecified atom stereocenters. The van der Waals surface area contributed by atoms with Gasteiger partial charge in [-0.15, -0.1) is 0 Å². The number of pyridine rings is 1. The van der Waals surface area contributed by atoms with Crippen molar-refractivity contribution in [2.75, 3.05) is 5.73 Å². The van der Waals surface area contributed by atoms with Crippen LogP contribution in [0.15, 0.2) is 24.3 Å². The molecule has 0 fully saturated rings. The number of fused-ring (bicyclic) bond motifs is 1. The van der Waals surface area contributed by atoms with Gasteiger partial charge in [0.1, 0.15) is 17.5 Å². The van der Waals surface area contributed by atoms with Gasteiger partial charge in [0.15, 0.2) is 0 Å². The number of aromatic nitrogens is 1. The Morgan fingerprint density at radius 1 is 1.35 bits per heavy atom. The quantitative estimate of drug-likeness (QED) is 0.889. The number of nitrogens with zero attached hydrogens (tertiary/aromatic N) is 2. The van der Waals surface area contributed by atoms with Gasteiger partial charge in [0.05, 0.1) is 0 Å². The van der Waals surface area contributed by atoms with E-state index < -0.39 is 5.91 Å². The van der Waals surface area contributed by atoms with E-state index in [0.29, 0.717) is 17.0 Å². The predicted octanol–water partition coefficient (Wildman–Crippen LogP) is 2.74. The van der Waals surface area contributed by atoms with Crippen LogP contribution in [0, 0.1) is 11.3 Å². The van der Waals surface area contributed by atoms with E-state index in [1.165, 1.54) is 0 Å². The number of nitrogen functional groups attached to an aromatic ring is 1. The lowest BCUT2D eigenvalue weighted by Gasteiger charge is -2.25. The Morgan fingerprint density at radius 2 is 2.04 bits per heavy atom. The molecule has 5 heteroatoms. The molecule has 1 heterocycles. The second kappa shape index (κ2) is 5.73. The van der Waals surface area contributed by atoms with Gasteiger partial charge in [-0.05, 0) is 48.4 Å². The first-order valence-corrected chi connectivity index (χ1v) is 7.65. The third-order valence-electron chi connectivity index (χ3n) is 4.46. The first-order chi connectivity index (χ1) is 11.0. The molecule has 1 amide bonds. The maximum Gasteiger partial charge on any atom is 0.248 e. The summed E-state index contributed by atoms with van der Waals surface area (Å²) < 4.78 is 0. The van der Waals surface area contributed by atoms with Crippen LogP contribution in [0.1, 0.15) is 52.9 Å². The number of carbonyl (C=O) groups excluding carboxylic acids is 1. The van der Waals surface area contributed by atoms with Crippen LogP contribution >= 0.6 is 0 Å². The van der Waals surface area contributed by atoms with Crippen molar-refractivity contribution in [2.24, 2.45) is 5.73 Å². The fraction of sp³-hybridized carbons (Fsp3) is 0.278. The Balaban J connectivity index is 2.25. The van der Waals surface area contributed by atoms with Gasteiger partial charge in [-0.3, -0.25) is 4.79 Å². The summed E-state index contributed by atoms with van der Waals surface area (Å²) in [5.41, 5.74) is 16.0. The molecule has 3 rings (SSSR count). The lowest BCUT2D eigenvalue weighted by Crippen LogP contribution is -2.14. The van der Waals surface area contributed by atoms with Crippen LogP contribution in [-0.2, 0) is 6.42 Å². The SMILES string of the molecule is CC1CCCc2c1nc(N)c(C#N)c2-c1ccc(C(N)=O)cc1. The van der Waals surface area contributed by atoms with Gasteiger partial charge in [-0.25, -0.2) is 4.98 Å². The monoisotopic (exact) mass is 306 g/mol. The van der Waals surface area contributed by atoms with Gasteiger partial charge >= 0.3 is 0 Å². The molecule has 5 nitrogen and oxygen atoms in total. The van der Waals surface area contributed by atoms with E-state index >= 15 is 0 Å². The average molecular weight is 306 g/mol. The zero-order chi connectivity index (χ0) is 16.6. The van der Waals surface area contributed by atoms with E-state index in [1.54, 1.807) is 12.1 Å². The summed E-state index contributed by atoms with van der Waals surface area (Å²) in [4.78, 5) is 15.7. The van der Waals surface area contributed by atoms with E-state index in [2.05, 4.69) is 18.0 Å². The number of hydrogen-bond acceptors (Lipinski definition) is 4. The van der Waals surface area contributed by atoms with Crippen molar-refractivity contribution in [3.63, 3.8) is 0 Å². The molecule has 0 aliphatic heterocycles. The van der Waals surface area contributed by atoms with Crippen LogP contribution in [0.5, 0.6) is 0 Å². The summed E-state index contributed by atoms with van der Waals surface area (Å²) in [6.07, 6.45) is 3.02. The minimum Gasteiger partial charge on any atom is -0.383 e. The smallest absolute Gasteiger partial charge is 0.248 e. The number of rotatable bonds is 2. The van der Waals surface area contributed by atoms with E-state index in [4.69, 9.17) is 11.5 Å². The molecular weight excluding hydrogens is 288 g/mol. The molecule has 1 aromatic heterocycles. The summed E-state index contributed by atoms with van der Waals surface area (Å²) in [7, 11) is 0. The molecule has 0 saturated heterocycles. The number of hydrogen-bond donors (Lipinski definition) is 2. The zero-order valence-electron chi connectivity index (χ0n) is 13.0. The summed E-state index contributed by atoms with van der Waals surface area (Å²) >= 11 is 0. The molecule has 1 aliphatic carbocycles. The number of amides is 1. The highest BCUT2D eigenvalue weighted by Crippen LogP contribution is 2.39. The molecular formula is C18H18N4O. The number of nitriles is 1. The van der Waals surface area contributed by atoms with E-state index in [-0.39, 0.29) is 5.82 Å². The summed E-state index contributed by atoms with van der Waals surface area (Å²) in [5, 5.41) is 9.53. The molecule has 0 radical (unpaired) electrons. The van der Waals surface area contributed by atoms with Crippen LogP contribution < -0.4 is 11.5 Å². The molecule has 0 bridgehead atoms. The number of nitrogens with two attached hydrogens (primary N) is 2. The first kappa shape index (κ1) is 15.0. The minimum absolute atomic E-state index is 0.272. The third-order valence-corrected chi connectivity index (χ3v) is 4.46. The van der Waals surface area contributed by atoms with Crippen molar-refractivity contribution in [1.29, 1.82) is 5.26 Å². The molecule has 1 aromatic carbocycles. The Hall–Kier alpha value is -2.87. The van der Waals surface area contributed by atoms with Gasteiger partial charge in [0, 0.05) is 16.8 Å². The van der Waals surface area contributed by atoms with E-state index in [0.717, 1.165) is 41.6 Å². The Morgan fingerprint density at radius 3 is 2.65 bits per heavy atom. The lowest BCUT2D eigenvalue weighted by molar-refractivity contribution is 0.100. The summed E-state index contributed by atoms with van der Waals surface area (Å²) in [6, 6.07) is 9.16. The minimum atomic E-state index is -0.470. The van der Waals surface area contributed by atoms with Gasteiger partial charge in [-0.1, -0.05) is 19.1 Å². The van der Waals surface area contributed by atoms with Crippen molar-refractivity contribution in [3.05, 3.63) is 46.6 Å². The van der Waals surface area contributed by atoms with Crippen LogP contribution in [0.3, 0.4) is 0 Å². The number of carbonyl (C=O) groups is 1. The van der Waals surface area contributed by atoms with Crippen molar-refractivity contribution in [1.82, 2.24) is 4.98 Å². The molecule has 23 heavy (non-hydrogen) atoms. The van der Waals surface area contributed by atoms with Crippen LogP contribution in [-0.4, -0.2) is 10.9 Å².